The number of nitrogens with one attached hydrogen (secondary N) is 3. The van der Waals surface area contributed by atoms with Crippen molar-refractivity contribution in [3.05, 3.63) is 27.7 Å². The molecule has 0 bridgehead atoms. The highest BCUT2D eigenvalue weighted by atomic mass is 35.5. The van der Waals surface area contributed by atoms with Crippen LogP contribution in [-0.4, -0.2) is 35.6 Å². The highest BCUT2D eigenvalue weighted by Crippen LogP contribution is 2.30. The van der Waals surface area contributed by atoms with Crippen molar-refractivity contribution in [3.8, 4) is 0 Å². The largest absolute Gasteiger partial charge is 0.478 e. The number of carbonyl (C=O) groups is 3. The second-order valence-corrected chi connectivity index (χ2v) is 5.26. The lowest BCUT2D eigenvalue weighted by Crippen LogP contribution is -2.39. The minimum atomic E-state index is -1.27. The highest BCUT2D eigenvalue weighted by Gasteiger charge is 2.24. The lowest BCUT2D eigenvalue weighted by Gasteiger charge is -2.14. The van der Waals surface area contributed by atoms with E-state index in [-0.39, 0.29) is 39.7 Å². The number of carboxylic acid groups (broad SMARTS) is 1. The molecule has 4 N–H and O–H groups in total. The molecule has 1 aromatic carbocycles. The second-order valence-electron chi connectivity index (χ2n) is 4.42. The minimum Gasteiger partial charge on any atom is -0.478 e. The number of benzene rings is 1. The Bertz CT molecular complexity index is 621. The molecule has 0 aromatic heterocycles. The van der Waals surface area contributed by atoms with E-state index in [4.69, 9.17) is 28.3 Å². The molecule has 21 heavy (non-hydrogen) atoms. The summed E-state index contributed by atoms with van der Waals surface area (Å²) in [6, 6.07) is 1.51. The number of carbonyl (C=O) groups excluding carboxylic acids is 2. The molecule has 0 aliphatic carbocycles. The molecular formula is C12H11Cl2N3O4. The van der Waals surface area contributed by atoms with Gasteiger partial charge in [0.25, 0.3) is 0 Å². The van der Waals surface area contributed by atoms with E-state index in [0.717, 1.165) is 0 Å². The summed E-state index contributed by atoms with van der Waals surface area (Å²) in [5.74, 6) is -1.43. The fourth-order valence-corrected chi connectivity index (χ4v) is 2.45. The van der Waals surface area contributed by atoms with Gasteiger partial charge in [0.2, 0.25) is 5.91 Å². The van der Waals surface area contributed by atoms with Gasteiger partial charge in [-0.25, -0.2) is 9.59 Å². The highest BCUT2D eigenvalue weighted by molar-refractivity contribution is 6.37. The van der Waals surface area contributed by atoms with Crippen LogP contribution in [0.1, 0.15) is 16.8 Å². The van der Waals surface area contributed by atoms with E-state index in [9.17, 15) is 14.4 Å². The van der Waals surface area contributed by atoms with Gasteiger partial charge >= 0.3 is 12.0 Å². The maximum atomic E-state index is 11.8. The van der Waals surface area contributed by atoms with E-state index in [1.54, 1.807) is 0 Å². The molecule has 1 aromatic rings. The van der Waals surface area contributed by atoms with Crippen LogP contribution >= 0.6 is 23.2 Å². The lowest BCUT2D eigenvalue weighted by atomic mass is 10.2. The van der Waals surface area contributed by atoms with Crippen LogP contribution in [0.4, 0.5) is 10.5 Å². The molecule has 1 aliphatic heterocycles. The average molecular weight is 332 g/mol. The summed E-state index contributed by atoms with van der Waals surface area (Å²) in [5.41, 5.74) is -0.272. The zero-order chi connectivity index (χ0) is 15.6. The predicted octanol–water partition coefficient (Wildman–Crippen LogP) is 1.70. The van der Waals surface area contributed by atoms with Gasteiger partial charge in [-0.3, -0.25) is 4.79 Å². The molecule has 1 heterocycles. The van der Waals surface area contributed by atoms with E-state index in [2.05, 4.69) is 16.0 Å². The van der Waals surface area contributed by atoms with Crippen LogP contribution in [0.3, 0.4) is 0 Å². The zero-order valence-corrected chi connectivity index (χ0v) is 12.1. The molecule has 2 rings (SSSR count). The van der Waals surface area contributed by atoms with Crippen molar-refractivity contribution < 1.29 is 19.5 Å². The molecule has 1 fully saturated rings. The zero-order valence-electron chi connectivity index (χ0n) is 10.6. The molecule has 1 aliphatic rings. The predicted molar refractivity (Wildman–Crippen MR) is 77.0 cm³/mol. The number of hydrogen-bond donors (Lipinski definition) is 4. The van der Waals surface area contributed by atoms with Gasteiger partial charge < -0.3 is 21.1 Å². The monoisotopic (exact) mass is 331 g/mol. The number of anilines is 1. The van der Waals surface area contributed by atoms with Gasteiger partial charge in [0.15, 0.2) is 0 Å². The normalized spacial score (nSPS) is 17.2. The van der Waals surface area contributed by atoms with Gasteiger partial charge in [-0.05, 0) is 12.1 Å². The van der Waals surface area contributed by atoms with Crippen LogP contribution in [0.25, 0.3) is 0 Å². The van der Waals surface area contributed by atoms with Crippen molar-refractivity contribution in [1.82, 2.24) is 10.6 Å². The van der Waals surface area contributed by atoms with E-state index < -0.39 is 12.0 Å². The van der Waals surface area contributed by atoms with Crippen molar-refractivity contribution >= 4 is 46.8 Å². The van der Waals surface area contributed by atoms with Crippen LogP contribution in [-0.2, 0) is 4.79 Å². The van der Waals surface area contributed by atoms with Gasteiger partial charge in [0, 0.05) is 18.0 Å². The Morgan fingerprint density at radius 3 is 2.62 bits per heavy atom. The molecule has 112 valence electrons. The Morgan fingerprint density at radius 1 is 1.33 bits per heavy atom. The molecule has 7 nitrogen and oxygen atoms in total. The smallest absolute Gasteiger partial charge is 0.337 e. The first-order valence-corrected chi connectivity index (χ1v) is 6.69. The van der Waals surface area contributed by atoms with Gasteiger partial charge in [-0.2, -0.15) is 0 Å². The van der Waals surface area contributed by atoms with Crippen molar-refractivity contribution in [2.45, 2.75) is 12.5 Å². The summed E-state index contributed by atoms with van der Waals surface area (Å²) < 4.78 is 0. The van der Waals surface area contributed by atoms with E-state index in [1.807, 2.05) is 0 Å². The van der Waals surface area contributed by atoms with Crippen LogP contribution in [0.5, 0.6) is 0 Å². The molecule has 0 saturated carbocycles. The average Bonchev–Trinajstić information content (AvgIpc) is 2.77. The maximum absolute atomic E-state index is 11.8. The summed E-state index contributed by atoms with van der Waals surface area (Å²) in [7, 11) is 0. The topological polar surface area (TPSA) is 108 Å². The first-order chi connectivity index (χ1) is 9.86. The van der Waals surface area contributed by atoms with Gasteiger partial charge in [0.1, 0.15) is 0 Å². The number of carboxylic acids is 1. The number of aromatic carboxylic acids is 1. The summed E-state index contributed by atoms with van der Waals surface area (Å²) in [5, 5.41) is 16.7. The summed E-state index contributed by atoms with van der Waals surface area (Å²) in [4.78, 5) is 34.0. The summed E-state index contributed by atoms with van der Waals surface area (Å²) >= 11 is 11.6. The number of hydrogen-bond acceptors (Lipinski definition) is 3. The van der Waals surface area contributed by atoms with E-state index in [1.165, 1.54) is 12.1 Å². The number of urea groups is 1. The molecule has 1 saturated heterocycles. The Balaban J connectivity index is 2.13. The Kier molecular flexibility index (Phi) is 4.54. The number of amides is 3. The van der Waals surface area contributed by atoms with Crippen LogP contribution in [0.2, 0.25) is 10.0 Å². The van der Waals surface area contributed by atoms with Gasteiger partial charge in [0.05, 0.1) is 22.3 Å². The Labute approximate surface area is 129 Å². The molecule has 0 spiro atoms. The van der Waals surface area contributed by atoms with Crippen molar-refractivity contribution in [2.75, 3.05) is 11.9 Å². The maximum Gasteiger partial charge on any atom is 0.337 e. The quantitative estimate of drug-likeness (QED) is 0.676. The molecule has 0 radical (unpaired) electrons. The standard InChI is InChI=1S/C12H11Cl2N3O4/c13-5-1-7(11(19)20)10(8(14)2-5)17-12(21)16-6-3-9(18)15-4-6/h1-2,6H,3-4H2,(H,15,18)(H,19,20)(H2,16,17,21). The third kappa shape index (κ3) is 3.77. The molecule has 9 heteroatoms. The van der Waals surface area contributed by atoms with Gasteiger partial charge in [-0.1, -0.05) is 23.2 Å². The van der Waals surface area contributed by atoms with Crippen molar-refractivity contribution in [3.63, 3.8) is 0 Å². The fraction of sp³-hybridized carbons (Fsp3) is 0.250. The SMILES string of the molecule is O=C1CC(NC(=O)Nc2c(Cl)cc(Cl)cc2C(=O)O)CN1. The molecular weight excluding hydrogens is 321 g/mol. The fourth-order valence-electron chi connectivity index (χ4n) is 1.91. The van der Waals surface area contributed by atoms with E-state index >= 15 is 0 Å². The third-order valence-corrected chi connectivity index (χ3v) is 3.35. The number of halogens is 2. The number of rotatable bonds is 3. The summed E-state index contributed by atoms with van der Waals surface area (Å²) in [6.45, 7) is 0.326. The second kappa shape index (κ2) is 6.19. The van der Waals surface area contributed by atoms with E-state index in [0.29, 0.717) is 6.54 Å². The summed E-state index contributed by atoms with van der Waals surface area (Å²) in [6.07, 6.45) is 0.174. The van der Waals surface area contributed by atoms with Crippen molar-refractivity contribution in [2.24, 2.45) is 0 Å². The Hall–Kier alpha value is -1.99. The molecule has 3 amide bonds. The minimum absolute atomic E-state index is 0.00988. The van der Waals surface area contributed by atoms with Crippen LogP contribution in [0, 0.1) is 0 Å². The molecule has 1 atom stereocenters. The third-order valence-electron chi connectivity index (χ3n) is 2.84. The Morgan fingerprint density at radius 2 is 2.05 bits per heavy atom. The first-order valence-electron chi connectivity index (χ1n) is 5.93. The lowest BCUT2D eigenvalue weighted by molar-refractivity contribution is -0.119. The van der Waals surface area contributed by atoms with Crippen LogP contribution < -0.4 is 16.0 Å². The van der Waals surface area contributed by atoms with Gasteiger partial charge in [-0.15, -0.1) is 0 Å². The molecule has 1 unspecified atom stereocenters. The van der Waals surface area contributed by atoms with Crippen molar-refractivity contribution in [1.29, 1.82) is 0 Å². The van der Waals surface area contributed by atoms with Crippen LogP contribution in [0.15, 0.2) is 12.1 Å². The first kappa shape index (κ1) is 15.4.